The Morgan fingerprint density at radius 1 is 0.893 bits per heavy atom. The minimum atomic E-state index is 0.445. The number of rotatable bonds is 8. The monoisotopic (exact) mass is 395 g/mol. The van der Waals surface area contributed by atoms with Crippen LogP contribution in [0.5, 0.6) is 11.5 Å². The Bertz CT molecular complexity index is 922. The SMILES string of the molecule is CCOc1cc(CNc2ccccc2C)cc(Cl)c1OCc1ccc(C)cc1. The molecule has 3 rings (SSSR count). The average Bonchev–Trinajstić information content (AvgIpc) is 2.68. The van der Waals surface area contributed by atoms with Gasteiger partial charge in [0.15, 0.2) is 11.5 Å². The lowest BCUT2D eigenvalue weighted by atomic mass is 10.1. The van der Waals surface area contributed by atoms with Crippen LogP contribution in [0.1, 0.15) is 29.2 Å². The van der Waals surface area contributed by atoms with Crippen molar-refractivity contribution in [2.75, 3.05) is 11.9 Å². The Labute approximate surface area is 172 Å². The number of anilines is 1. The molecule has 0 aliphatic rings. The first kappa shape index (κ1) is 20.1. The summed E-state index contributed by atoms with van der Waals surface area (Å²) in [5.41, 5.74) is 5.67. The van der Waals surface area contributed by atoms with Crippen LogP contribution in [0, 0.1) is 13.8 Å². The number of benzene rings is 3. The molecule has 0 fully saturated rings. The van der Waals surface area contributed by atoms with E-state index in [2.05, 4.69) is 55.6 Å². The van der Waals surface area contributed by atoms with Gasteiger partial charge in [0.05, 0.1) is 11.6 Å². The quantitative estimate of drug-likeness (QED) is 0.469. The largest absolute Gasteiger partial charge is 0.490 e. The van der Waals surface area contributed by atoms with E-state index < -0.39 is 0 Å². The fourth-order valence-corrected chi connectivity index (χ4v) is 3.22. The van der Waals surface area contributed by atoms with Gasteiger partial charge in [-0.25, -0.2) is 0 Å². The fraction of sp³-hybridized carbons (Fsp3) is 0.250. The zero-order valence-corrected chi connectivity index (χ0v) is 17.3. The molecule has 0 aromatic heterocycles. The molecule has 3 aromatic carbocycles. The molecule has 0 saturated carbocycles. The maximum absolute atomic E-state index is 6.54. The van der Waals surface area contributed by atoms with Gasteiger partial charge in [-0.1, -0.05) is 59.6 Å². The summed E-state index contributed by atoms with van der Waals surface area (Å²) in [5.74, 6) is 1.26. The summed E-state index contributed by atoms with van der Waals surface area (Å²) < 4.78 is 11.8. The number of halogens is 1. The Kier molecular flexibility index (Phi) is 6.83. The molecule has 0 amide bonds. The van der Waals surface area contributed by atoms with Crippen LogP contribution in [-0.2, 0) is 13.2 Å². The van der Waals surface area contributed by atoms with Crippen molar-refractivity contribution in [2.45, 2.75) is 33.9 Å². The van der Waals surface area contributed by atoms with Crippen LogP contribution in [0.2, 0.25) is 5.02 Å². The molecule has 0 heterocycles. The molecule has 0 aliphatic carbocycles. The van der Waals surface area contributed by atoms with Gasteiger partial charge in [0.25, 0.3) is 0 Å². The molecule has 0 atom stereocenters. The topological polar surface area (TPSA) is 30.5 Å². The molecule has 1 N–H and O–H groups in total. The Morgan fingerprint density at radius 3 is 2.36 bits per heavy atom. The van der Waals surface area contributed by atoms with E-state index in [1.54, 1.807) is 0 Å². The highest BCUT2D eigenvalue weighted by Gasteiger charge is 2.13. The number of aryl methyl sites for hydroxylation is 2. The molecular weight excluding hydrogens is 370 g/mol. The van der Waals surface area contributed by atoms with Crippen LogP contribution < -0.4 is 14.8 Å². The van der Waals surface area contributed by atoms with Gasteiger partial charge < -0.3 is 14.8 Å². The third kappa shape index (κ3) is 5.20. The molecule has 0 radical (unpaired) electrons. The smallest absolute Gasteiger partial charge is 0.180 e. The lowest BCUT2D eigenvalue weighted by Crippen LogP contribution is -2.04. The molecule has 0 saturated heterocycles. The summed E-state index contributed by atoms with van der Waals surface area (Å²) in [6, 6.07) is 20.4. The molecule has 146 valence electrons. The van der Waals surface area contributed by atoms with E-state index >= 15 is 0 Å². The Balaban J connectivity index is 1.75. The van der Waals surface area contributed by atoms with Gasteiger partial charge in [-0.05, 0) is 55.7 Å². The number of ether oxygens (including phenoxy) is 2. The molecule has 28 heavy (non-hydrogen) atoms. The van der Waals surface area contributed by atoms with Gasteiger partial charge >= 0.3 is 0 Å². The lowest BCUT2D eigenvalue weighted by Gasteiger charge is -2.16. The van der Waals surface area contributed by atoms with E-state index in [0.717, 1.165) is 16.8 Å². The molecule has 0 spiro atoms. The molecule has 4 heteroatoms. The molecule has 0 unspecified atom stereocenters. The van der Waals surface area contributed by atoms with Crippen molar-refractivity contribution in [2.24, 2.45) is 0 Å². The lowest BCUT2D eigenvalue weighted by molar-refractivity contribution is 0.269. The predicted octanol–water partition coefficient (Wildman–Crippen LogP) is 6.55. The van der Waals surface area contributed by atoms with Crippen LogP contribution in [0.3, 0.4) is 0 Å². The number of hydrogen-bond donors (Lipinski definition) is 1. The highest BCUT2D eigenvalue weighted by atomic mass is 35.5. The van der Waals surface area contributed by atoms with E-state index in [1.807, 2.05) is 31.2 Å². The van der Waals surface area contributed by atoms with Crippen molar-refractivity contribution >= 4 is 17.3 Å². The summed E-state index contributed by atoms with van der Waals surface area (Å²) >= 11 is 6.54. The Hall–Kier alpha value is -2.65. The highest BCUT2D eigenvalue weighted by Crippen LogP contribution is 2.37. The van der Waals surface area contributed by atoms with E-state index in [4.69, 9.17) is 21.1 Å². The standard InChI is InChI=1S/C24H26ClNO2/c1-4-27-23-14-20(15-26-22-8-6-5-7-18(22)3)13-21(25)24(23)28-16-19-11-9-17(2)10-12-19/h5-14,26H,4,15-16H2,1-3H3. The van der Waals surface area contributed by atoms with E-state index in [9.17, 15) is 0 Å². The highest BCUT2D eigenvalue weighted by molar-refractivity contribution is 6.32. The van der Waals surface area contributed by atoms with Gasteiger partial charge in [-0.3, -0.25) is 0 Å². The zero-order valence-electron chi connectivity index (χ0n) is 16.6. The maximum atomic E-state index is 6.54. The van der Waals surface area contributed by atoms with E-state index in [1.165, 1.54) is 11.1 Å². The molecule has 0 aliphatic heterocycles. The van der Waals surface area contributed by atoms with Crippen molar-refractivity contribution in [3.05, 3.63) is 87.9 Å². The average molecular weight is 396 g/mol. The van der Waals surface area contributed by atoms with Crippen LogP contribution in [-0.4, -0.2) is 6.61 Å². The predicted molar refractivity (Wildman–Crippen MR) is 117 cm³/mol. The number of para-hydroxylation sites is 1. The van der Waals surface area contributed by atoms with E-state index in [0.29, 0.717) is 36.3 Å². The minimum absolute atomic E-state index is 0.445. The summed E-state index contributed by atoms with van der Waals surface area (Å²) in [6.45, 7) is 7.76. The number of hydrogen-bond acceptors (Lipinski definition) is 3. The van der Waals surface area contributed by atoms with Crippen LogP contribution in [0.25, 0.3) is 0 Å². The van der Waals surface area contributed by atoms with Crippen LogP contribution in [0.4, 0.5) is 5.69 Å². The second-order valence-electron chi connectivity index (χ2n) is 6.78. The van der Waals surface area contributed by atoms with Gasteiger partial charge in [0, 0.05) is 12.2 Å². The summed E-state index contributed by atoms with van der Waals surface area (Å²) in [6.07, 6.45) is 0. The number of nitrogens with one attached hydrogen (secondary N) is 1. The van der Waals surface area contributed by atoms with Gasteiger partial charge in [-0.2, -0.15) is 0 Å². The zero-order chi connectivity index (χ0) is 19.9. The second-order valence-corrected chi connectivity index (χ2v) is 7.19. The van der Waals surface area contributed by atoms with Gasteiger partial charge in [0.1, 0.15) is 6.61 Å². The van der Waals surface area contributed by atoms with Crippen molar-refractivity contribution in [1.29, 1.82) is 0 Å². The fourth-order valence-electron chi connectivity index (χ4n) is 2.93. The summed E-state index contributed by atoms with van der Waals surface area (Å²) in [7, 11) is 0. The summed E-state index contributed by atoms with van der Waals surface area (Å²) in [4.78, 5) is 0. The first-order valence-corrected chi connectivity index (χ1v) is 9.87. The maximum Gasteiger partial charge on any atom is 0.180 e. The normalized spacial score (nSPS) is 10.6. The first-order chi connectivity index (χ1) is 13.6. The van der Waals surface area contributed by atoms with Crippen LogP contribution >= 0.6 is 11.6 Å². The Morgan fingerprint density at radius 2 is 1.64 bits per heavy atom. The van der Waals surface area contributed by atoms with Crippen molar-refractivity contribution in [1.82, 2.24) is 0 Å². The molecule has 0 bridgehead atoms. The van der Waals surface area contributed by atoms with Crippen molar-refractivity contribution < 1.29 is 9.47 Å². The second kappa shape index (κ2) is 9.52. The van der Waals surface area contributed by atoms with Crippen LogP contribution in [0.15, 0.2) is 60.7 Å². The van der Waals surface area contributed by atoms with Crippen molar-refractivity contribution in [3.63, 3.8) is 0 Å². The first-order valence-electron chi connectivity index (χ1n) is 9.50. The van der Waals surface area contributed by atoms with Gasteiger partial charge in [0.2, 0.25) is 0 Å². The minimum Gasteiger partial charge on any atom is -0.490 e. The third-order valence-electron chi connectivity index (χ3n) is 4.50. The van der Waals surface area contributed by atoms with Gasteiger partial charge in [-0.15, -0.1) is 0 Å². The molecule has 3 aromatic rings. The molecular formula is C24H26ClNO2. The van der Waals surface area contributed by atoms with Crippen molar-refractivity contribution in [3.8, 4) is 11.5 Å². The third-order valence-corrected chi connectivity index (χ3v) is 4.78. The molecule has 3 nitrogen and oxygen atoms in total. The van der Waals surface area contributed by atoms with E-state index in [-0.39, 0.29) is 0 Å². The summed E-state index contributed by atoms with van der Waals surface area (Å²) in [5, 5.41) is 4.01.